The van der Waals surface area contributed by atoms with Crippen LogP contribution in [0.1, 0.15) is 37.0 Å². The lowest BCUT2D eigenvalue weighted by Gasteiger charge is -2.09. The maximum Gasteiger partial charge on any atom is 0.259 e. The molecule has 4 aromatic rings. The highest BCUT2D eigenvalue weighted by molar-refractivity contribution is 7.14. The lowest BCUT2D eigenvalue weighted by Crippen LogP contribution is -2.15. The molecule has 0 aliphatic carbocycles. The zero-order valence-electron chi connectivity index (χ0n) is 17.0. The molecule has 8 nitrogen and oxygen atoms in total. The highest BCUT2D eigenvalue weighted by Crippen LogP contribution is 2.31. The van der Waals surface area contributed by atoms with E-state index in [0.29, 0.717) is 33.5 Å². The van der Waals surface area contributed by atoms with Crippen LogP contribution in [0.15, 0.2) is 30.3 Å². The van der Waals surface area contributed by atoms with E-state index in [2.05, 4.69) is 15.3 Å². The van der Waals surface area contributed by atoms with Crippen molar-refractivity contribution >= 4 is 40.1 Å². The molecule has 9 heteroatoms. The van der Waals surface area contributed by atoms with Crippen molar-refractivity contribution in [3.63, 3.8) is 0 Å². The van der Waals surface area contributed by atoms with Gasteiger partial charge in [-0.3, -0.25) is 14.9 Å². The van der Waals surface area contributed by atoms with Gasteiger partial charge in [0.15, 0.2) is 0 Å². The fraction of sp³-hybridized carbons (Fsp3) is 0.190. The molecule has 0 radical (unpaired) electrons. The number of ether oxygens (including phenoxy) is 1. The molecule has 0 unspecified atom stereocenters. The number of nitrogens with two attached hydrogens (primary N) is 1. The highest BCUT2D eigenvalue weighted by Gasteiger charge is 2.22. The van der Waals surface area contributed by atoms with Gasteiger partial charge in [-0.15, -0.1) is 11.3 Å². The molecule has 0 fully saturated rings. The molecule has 0 atom stereocenters. The van der Waals surface area contributed by atoms with Crippen LogP contribution < -0.4 is 15.8 Å². The summed E-state index contributed by atoms with van der Waals surface area (Å²) >= 11 is 1.46. The Hall–Kier alpha value is -3.59. The molecular weight excluding hydrogens is 402 g/mol. The van der Waals surface area contributed by atoms with E-state index in [1.807, 2.05) is 43.5 Å². The first-order chi connectivity index (χ1) is 14.3. The number of H-pyrrole nitrogens is 1. The number of nitrogens with one attached hydrogen (secondary N) is 2. The van der Waals surface area contributed by atoms with Gasteiger partial charge in [0.25, 0.3) is 11.8 Å². The van der Waals surface area contributed by atoms with Crippen molar-refractivity contribution in [3.8, 4) is 10.8 Å². The molecule has 1 aromatic carbocycles. The molecule has 0 aliphatic rings. The van der Waals surface area contributed by atoms with E-state index in [1.54, 1.807) is 19.2 Å². The molecule has 30 heavy (non-hydrogen) atoms. The monoisotopic (exact) mass is 423 g/mol. The molecule has 2 amide bonds. The van der Waals surface area contributed by atoms with Crippen molar-refractivity contribution in [1.82, 2.24) is 14.5 Å². The Morgan fingerprint density at radius 2 is 1.93 bits per heavy atom. The lowest BCUT2D eigenvalue weighted by molar-refractivity contribution is 0.0998. The Kier molecular flexibility index (Phi) is 4.83. The Morgan fingerprint density at radius 1 is 1.17 bits per heavy atom. The molecular formula is C21H21N5O3S. The number of rotatable bonds is 5. The number of carbonyl (C=O) groups excluding carboxylic acids is 2. The second-order valence-corrected chi connectivity index (χ2v) is 8.22. The SMILES string of the molecule is COc1ccc2nc(NC(=O)c3cc(C)n(-c4sc(C)cc4C(N)=O)c3C)[nH]c2c1. The molecule has 4 N–H and O–H groups in total. The van der Waals surface area contributed by atoms with Crippen molar-refractivity contribution < 1.29 is 14.3 Å². The summed E-state index contributed by atoms with van der Waals surface area (Å²) in [7, 11) is 1.59. The minimum Gasteiger partial charge on any atom is -0.497 e. The third-order valence-corrected chi connectivity index (χ3v) is 5.94. The lowest BCUT2D eigenvalue weighted by atomic mass is 10.2. The van der Waals surface area contributed by atoms with E-state index >= 15 is 0 Å². The minimum absolute atomic E-state index is 0.297. The Bertz CT molecular complexity index is 1300. The number of nitrogens with zero attached hydrogens (tertiary/aromatic N) is 2. The quantitative estimate of drug-likeness (QED) is 0.454. The van der Waals surface area contributed by atoms with Crippen LogP contribution >= 0.6 is 11.3 Å². The van der Waals surface area contributed by atoms with Crippen LogP contribution in [0.25, 0.3) is 16.0 Å². The van der Waals surface area contributed by atoms with Gasteiger partial charge in [-0.05, 0) is 45.0 Å². The Balaban J connectivity index is 1.68. The number of aromatic nitrogens is 3. The van der Waals surface area contributed by atoms with Gasteiger partial charge in [-0.2, -0.15) is 0 Å². The fourth-order valence-corrected chi connectivity index (χ4v) is 4.62. The normalized spacial score (nSPS) is 11.1. The average molecular weight is 423 g/mol. The molecule has 0 aliphatic heterocycles. The Labute approximate surface area is 176 Å². The number of aryl methyl sites for hydroxylation is 2. The third kappa shape index (κ3) is 3.33. The first kappa shape index (κ1) is 19.7. The molecule has 0 bridgehead atoms. The third-order valence-electron chi connectivity index (χ3n) is 4.90. The molecule has 3 aromatic heterocycles. The van der Waals surface area contributed by atoms with Crippen molar-refractivity contribution in [1.29, 1.82) is 0 Å². The number of primary amides is 1. The first-order valence-electron chi connectivity index (χ1n) is 9.23. The zero-order valence-corrected chi connectivity index (χ0v) is 17.8. The predicted molar refractivity (Wildman–Crippen MR) is 117 cm³/mol. The summed E-state index contributed by atoms with van der Waals surface area (Å²) in [5.41, 5.74) is 9.50. The van der Waals surface area contributed by atoms with E-state index in [-0.39, 0.29) is 5.91 Å². The van der Waals surface area contributed by atoms with Gasteiger partial charge in [0.2, 0.25) is 5.95 Å². The van der Waals surface area contributed by atoms with Crippen LogP contribution in [0, 0.1) is 20.8 Å². The summed E-state index contributed by atoms with van der Waals surface area (Å²) in [4.78, 5) is 33.3. The number of hydrogen-bond donors (Lipinski definition) is 3. The van der Waals surface area contributed by atoms with Gasteiger partial charge in [-0.25, -0.2) is 4.98 Å². The van der Waals surface area contributed by atoms with Crippen molar-refractivity contribution in [2.45, 2.75) is 20.8 Å². The number of thiophene rings is 1. The standard InChI is InChI=1S/C21H21N5O3S/c1-10-7-14(12(3)26(10)20-15(18(22)27)8-11(2)30-20)19(28)25-21-23-16-6-5-13(29-4)9-17(16)24-21/h5-9H,1-4H3,(H2,22,27)(H2,23,24,25,28). The summed E-state index contributed by atoms with van der Waals surface area (Å²) in [6, 6.07) is 8.99. The second kappa shape index (κ2) is 7.34. The van der Waals surface area contributed by atoms with E-state index in [0.717, 1.165) is 21.6 Å². The minimum atomic E-state index is -0.495. The first-order valence-corrected chi connectivity index (χ1v) is 10.0. The fourth-order valence-electron chi connectivity index (χ4n) is 3.50. The number of carbonyl (C=O) groups is 2. The highest BCUT2D eigenvalue weighted by atomic mass is 32.1. The summed E-state index contributed by atoms with van der Waals surface area (Å²) in [5.74, 6) is 0.252. The van der Waals surface area contributed by atoms with Crippen LogP contribution in [-0.4, -0.2) is 33.5 Å². The molecule has 154 valence electrons. The van der Waals surface area contributed by atoms with E-state index < -0.39 is 5.91 Å². The topological polar surface area (TPSA) is 115 Å². The maximum absolute atomic E-state index is 13.0. The van der Waals surface area contributed by atoms with E-state index in [4.69, 9.17) is 10.5 Å². The summed E-state index contributed by atoms with van der Waals surface area (Å²) in [6.07, 6.45) is 0. The van der Waals surface area contributed by atoms with Gasteiger partial charge in [0.05, 0.1) is 29.3 Å². The van der Waals surface area contributed by atoms with Gasteiger partial charge in [-0.1, -0.05) is 0 Å². The molecule has 0 saturated heterocycles. The van der Waals surface area contributed by atoms with E-state index in [9.17, 15) is 9.59 Å². The van der Waals surface area contributed by atoms with Crippen LogP contribution in [0.5, 0.6) is 5.75 Å². The molecule has 3 heterocycles. The number of aromatic amines is 1. The summed E-state index contributed by atoms with van der Waals surface area (Å²) in [6.45, 7) is 5.64. The molecule has 4 rings (SSSR count). The number of anilines is 1. The van der Waals surface area contributed by atoms with Crippen LogP contribution in [-0.2, 0) is 0 Å². The number of methoxy groups -OCH3 is 1. The number of fused-ring (bicyclic) bond motifs is 1. The number of benzene rings is 1. The van der Waals surface area contributed by atoms with Crippen molar-refractivity contribution in [2.75, 3.05) is 12.4 Å². The number of amides is 2. The average Bonchev–Trinajstić information content (AvgIpc) is 3.35. The number of imidazole rings is 1. The predicted octanol–water partition coefficient (Wildman–Crippen LogP) is 3.70. The molecule has 0 saturated carbocycles. The van der Waals surface area contributed by atoms with E-state index in [1.165, 1.54) is 11.3 Å². The summed E-state index contributed by atoms with van der Waals surface area (Å²) in [5, 5.41) is 3.53. The van der Waals surface area contributed by atoms with Gasteiger partial charge >= 0.3 is 0 Å². The van der Waals surface area contributed by atoms with Crippen LogP contribution in [0.4, 0.5) is 5.95 Å². The van der Waals surface area contributed by atoms with Gasteiger partial charge in [0, 0.05) is 22.3 Å². The van der Waals surface area contributed by atoms with Crippen LogP contribution in [0.3, 0.4) is 0 Å². The summed E-state index contributed by atoms with van der Waals surface area (Å²) < 4.78 is 7.10. The largest absolute Gasteiger partial charge is 0.497 e. The molecule has 0 spiro atoms. The Morgan fingerprint density at radius 3 is 2.63 bits per heavy atom. The second-order valence-electron chi connectivity index (χ2n) is 6.98. The van der Waals surface area contributed by atoms with Crippen molar-refractivity contribution in [2.24, 2.45) is 5.73 Å². The van der Waals surface area contributed by atoms with Gasteiger partial charge < -0.3 is 20.0 Å². The number of hydrogen-bond acceptors (Lipinski definition) is 5. The smallest absolute Gasteiger partial charge is 0.259 e. The van der Waals surface area contributed by atoms with Crippen molar-refractivity contribution in [3.05, 3.63) is 57.7 Å². The zero-order chi connectivity index (χ0) is 21.6. The van der Waals surface area contributed by atoms with Crippen LogP contribution in [0.2, 0.25) is 0 Å². The van der Waals surface area contributed by atoms with Gasteiger partial charge in [0.1, 0.15) is 10.8 Å². The maximum atomic E-state index is 13.0.